The Kier molecular flexibility index (Phi) is 55.5. The summed E-state index contributed by atoms with van der Waals surface area (Å²) in [5.41, 5.74) is 0. The Balaban J connectivity index is 4.17. The second-order valence-corrected chi connectivity index (χ2v) is 24.6. The molecule has 0 saturated carbocycles. The van der Waals surface area contributed by atoms with E-state index in [0.29, 0.717) is 17.4 Å². The molecule has 3 atom stereocenters. The van der Waals surface area contributed by atoms with Crippen molar-refractivity contribution in [2.24, 2.45) is 0 Å². The number of unbranched alkanes of at least 4 members (excludes halogenated alkanes) is 38. The summed E-state index contributed by atoms with van der Waals surface area (Å²) in [6, 6.07) is -0.867. The van der Waals surface area contributed by atoms with Gasteiger partial charge in [0.25, 0.3) is 0 Å². The van der Waals surface area contributed by atoms with Gasteiger partial charge in [0.2, 0.25) is 5.91 Å². The average Bonchev–Trinajstić information content (AvgIpc) is 3.37. The molecule has 0 saturated heterocycles. The number of carbonyl (C=O) groups excluding carboxylic acids is 1. The fourth-order valence-electron chi connectivity index (χ4n) is 9.42. The van der Waals surface area contributed by atoms with Crippen LogP contribution in [-0.4, -0.2) is 73.4 Å². The first-order chi connectivity index (χ1) is 36.5. The summed E-state index contributed by atoms with van der Waals surface area (Å²) in [5.74, 6) is -0.185. The number of nitrogens with one attached hydrogen (secondary N) is 1. The highest BCUT2D eigenvalue weighted by Gasteiger charge is 2.27. The van der Waals surface area contributed by atoms with Gasteiger partial charge in [0.1, 0.15) is 13.2 Å². The van der Waals surface area contributed by atoms with Crippen LogP contribution in [0.2, 0.25) is 0 Å². The molecule has 0 rings (SSSR count). The number of allylic oxidation sites excluding steroid dienone is 9. The number of quaternary nitrogens is 1. The minimum Gasteiger partial charge on any atom is -0.387 e. The van der Waals surface area contributed by atoms with Gasteiger partial charge >= 0.3 is 7.82 Å². The third-order valence-corrected chi connectivity index (χ3v) is 15.4. The molecule has 0 aromatic carbocycles. The number of aliphatic hydroxyl groups excluding tert-OH is 1. The SMILES string of the molecule is CCCCCCC/C=C\C/C=C\C/C=C\CCCCCCCCCCCCCCCCC(=O)NC(COP(=O)(O)OCC[N+](C)(C)C)C(O)/C=C/CC/C=C/CCCCCCCCCCCCCCCCCCCC. The molecule has 3 N–H and O–H groups in total. The molecule has 0 aliphatic rings. The van der Waals surface area contributed by atoms with Crippen molar-refractivity contribution in [3.63, 3.8) is 0 Å². The van der Waals surface area contributed by atoms with Crippen LogP contribution in [0, 0.1) is 0 Å². The van der Waals surface area contributed by atoms with Crippen LogP contribution < -0.4 is 5.32 Å². The number of phosphoric ester groups is 1. The quantitative estimate of drug-likeness (QED) is 0.0243. The van der Waals surface area contributed by atoms with Gasteiger partial charge in [-0.15, -0.1) is 0 Å². The van der Waals surface area contributed by atoms with Crippen molar-refractivity contribution >= 4 is 13.7 Å². The Labute approximate surface area is 466 Å². The average molecular weight is 1070 g/mol. The van der Waals surface area contributed by atoms with Gasteiger partial charge in [-0.2, -0.15) is 0 Å². The molecular formula is C66H126N2O6P+. The Morgan fingerprint density at radius 1 is 0.453 bits per heavy atom. The van der Waals surface area contributed by atoms with E-state index in [2.05, 4.69) is 67.8 Å². The van der Waals surface area contributed by atoms with Gasteiger partial charge in [0, 0.05) is 6.42 Å². The lowest BCUT2D eigenvalue weighted by atomic mass is 10.0. The van der Waals surface area contributed by atoms with Crippen LogP contribution >= 0.6 is 7.82 Å². The highest BCUT2D eigenvalue weighted by Crippen LogP contribution is 2.43. The Morgan fingerprint density at radius 3 is 1.16 bits per heavy atom. The Hall–Kier alpha value is -1.80. The molecule has 440 valence electrons. The molecule has 0 bridgehead atoms. The molecule has 0 aromatic heterocycles. The number of carbonyl (C=O) groups is 1. The summed E-state index contributed by atoms with van der Waals surface area (Å²) >= 11 is 0. The van der Waals surface area contributed by atoms with Crippen LogP contribution in [0.3, 0.4) is 0 Å². The summed E-state index contributed by atoms with van der Waals surface area (Å²) in [7, 11) is 1.56. The monoisotopic (exact) mass is 1070 g/mol. The van der Waals surface area contributed by atoms with Crippen molar-refractivity contribution in [1.82, 2.24) is 5.32 Å². The number of hydrogen-bond acceptors (Lipinski definition) is 5. The van der Waals surface area contributed by atoms with Gasteiger partial charge in [0.15, 0.2) is 0 Å². The van der Waals surface area contributed by atoms with Crippen molar-refractivity contribution < 1.29 is 32.9 Å². The first-order valence-electron chi connectivity index (χ1n) is 32.2. The minimum absolute atomic E-state index is 0.0552. The van der Waals surface area contributed by atoms with Gasteiger partial charge in [-0.1, -0.05) is 286 Å². The van der Waals surface area contributed by atoms with Crippen LogP contribution in [0.25, 0.3) is 0 Å². The van der Waals surface area contributed by atoms with E-state index in [4.69, 9.17) is 9.05 Å². The van der Waals surface area contributed by atoms with Gasteiger partial charge in [-0.25, -0.2) is 4.57 Å². The zero-order valence-corrected chi connectivity index (χ0v) is 51.2. The third-order valence-electron chi connectivity index (χ3n) is 14.5. The van der Waals surface area contributed by atoms with E-state index < -0.39 is 20.0 Å². The first-order valence-corrected chi connectivity index (χ1v) is 33.7. The van der Waals surface area contributed by atoms with Crippen molar-refractivity contribution in [3.8, 4) is 0 Å². The van der Waals surface area contributed by atoms with Gasteiger partial charge < -0.3 is 19.8 Å². The zero-order chi connectivity index (χ0) is 54.9. The maximum atomic E-state index is 13.0. The number of likely N-dealkylation sites (N-methyl/N-ethyl adjacent to an activating group) is 1. The van der Waals surface area contributed by atoms with E-state index in [0.717, 1.165) is 51.4 Å². The van der Waals surface area contributed by atoms with Crippen molar-refractivity contribution in [1.29, 1.82) is 0 Å². The largest absolute Gasteiger partial charge is 0.472 e. The van der Waals surface area contributed by atoms with E-state index in [1.54, 1.807) is 6.08 Å². The van der Waals surface area contributed by atoms with Crippen LogP contribution in [-0.2, 0) is 18.4 Å². The third kappa shape index (κ3) is 59.7. The summed E-state index contributed by atoms with van der Waals surface area (Å²) in [5, 5.41) is 14.0. The number of aliphatic hydroxyl groups is 1. The van der Waals surface area contributed by atoms with Gasteiger partial charge in [-0.05, 0) is 70.6 Å². The molecule has 3 unspecified atom stereocenters. The molecule has 75 heavy (non-hydrogen) atoms. The lowest BCUT2D eigenvalue weighted by Crippen LogP contribution is -2.45. The summed E-state index contributed by atoms with van der Waals surface area (Å²) in [6.45, 7) is 4.82. The zero-order valence-electron chi connectivity index (χ0n) is 50.3. The summed E-state index contributed by atoms with van der Waals surface area (Å²) < 4.78 is 23.8. The van der Waals surface area contributed by atoms with E-state index in [-0.39, 0.29) is 19.1 Å². The van der Waals surface area contributed by atoms with Gasteiger partial charge in [-0.3, -0.25) is 13.8 Å². The van der Waals surface area contributed by atoms with Crippen molar-refractivity contribution in [2.75, 3.05) is 40.9 Å². The van der Waals surface area contributed by atoms with E-state index in [1.807, 2.05) is 27.2 Å². The fraction of sp³-hybridized carbons (Fsp3) is 0.833. The smallest absolute Gasteiger partial charge is 0.387 e. The molecule has 8 nitrogen and oxygen atoms in total. The number of rotatable bonds is 59. The minimum atomic E-state index is -4.36. The standard InChI is InChI=1S/C66H125N2O6P/c1-6-8-10-12-14-16-18-20-22-24-26-28-30-32-33-34-35-36-38-40-42-44-46-48-50-52-54-56-58-60-66(70)67-64(63-74-75(71,72)73-62-61-68(3,4)5)65(69)59-57-55-53-51-49-47-45-43-41-39-37-31-29-27-25-23-21-19-17-15-13-11-9-7-2/h18,20,24,26,30,32,49,51,57,59,64-65,69H,6-17,19,21-23,25,27-29,31,33-48,50,52-56,58,60-63H2,1-5H3,(H-,67,70,71,72)/p+1/b20-18-,26-24-,32-30-,51-49+,59-57+. The predicted octanol–water partition coefficient (Wildman–Crippen LogP) is 20.0. The molecule has 0 heterocycles. The molecule has 0 aliphatic carbocycles. The summed E-state index contributed by atoms with van der Waals surface area (Å²) in [6.07, 6.45) is 77.7. The molecule has 0 radical (unpaired) electrons. The Morgan fingerprint density at radius 2 is 0.773 bits per heavy atom. The second-order valence-electron chi connectivity index (χ2n) is 23.1. The van der Waals surface area contributed by atoms with Crippen LogP contribution in [0.5, 0.6) is 0 Å². The lowest BCUT2D eigenvalue weighted by molar-refractivity contribution is -0.870. The van der Waals surface area contributed by atoms with Crippen molar-refractivity contribution in [2.45, 2.75) is 315 Å². The lowest BCUT2D eigenvalue weighted by Gasteiger charge is -2.25. The van der Waals surface area contributed by atoms with Crippen LogP contribution in [0.4, 0.5) is 0 Å². The Bertz CT molecular complexity index is 1400. The molecule has 0 spiro atoms. The van der Waals surface area contributed by atoms with Crippen LogP contribution in [0.1, 0.15) is 303 Å². The van der Waals surface area contributed by atoms with Crippen molar-refractivity contribution in [3.05, 3.63) is 60.8 Å². The van der Waals surface area contributed by atoms with E-state index in [9.17, 15) is 19.4 Å². The highest BCUT2D eigenvalue weighted by atomic mass is 31.2. The van der Waals surface area contributed by atoms with E-state index >= 15 is 0 Å². The highest BCUT2D eigenvalue weighted by molar-refractivity contribution is 7.47. The van der Waals surface area contributed by atoms with Crippen LogP contribution in [0.15, 0.2) is 60.8 Å². The fourth-order valence-corrected chi connectivity index (χ4v) is 10.2. The second kappa shape index (κ2) is 56.9. The number of phosphoric acid groups is 1. The number of nitrogens with zero attached hydrogens (tertiary/aromatic N) is 1. The summed E-state index contributed by atoms with van der Waals surface area (Å²) in [4.78, 5) is 23.4. The molecule has 0 fully saturated rings. The first kappa shape index (κ1) is 73.2. The van der Waals surface area contributed by atoms with Gasteiger partial charge in [0.05, 0.1) is 39.9 Å². The predicted molar refractivity (Wildman–Crippen MR) is 327 cm³/mol. The topological polar surface area (TPSA) is 105 Å². The molecular weight excluding hydrogens is 948 g/mol. The number of amides is 1. The molecule has 9 heteroatoms. The molecule has 1 amide bonds. The normalized spacial score (nSPS) is 14.2. The molecule has 0 aliphatic heterocycles. The maximum absolute atomic E-state index is 13.0. The maximum Gasteiger partial charge on any atom is 0.472 e. The van der Waals surface area contributed by atoms with E-state index in [1.165, 1.54) is 231 Å². The molecule has 0 aromatic rings. The number of hydrogen-bond donors (Lipinski definition) is 3.